The van der Waals surface area contributed by atoms with E-state index >= 15 is 0 Å². The third kappa shape index (κ3) is 3.85. The van der Waals surface area contributed by atoms with Crippen molar-refractivity contribution in [3.8, 4) is 0 Å². The minimum atomic E-state index is 0.735. The van der Waals surface area contributed by atoms with Crippen LogP contribution in [-0.2, 0) is 6.42 Å². The number of hydrogen-bond donors (Lipinski definition) is 2. The average molecular weight is 184 g/mol. The first kappa shape index (κ1) is 9.71. The Morgan fingerprint density at radius 2 is 2.33 bits per heavy atom. The van der Waals surface area contributed by atoms with Gasteiger partial charge in [-0.05, 0) is 30.8 Å². The number of thiophene rings is 1. The molecule has 3 N–H and O–H groups in total. The van der Waals surface area contributed by atoms with Crippen LogP contribution in [0.4, 0.5) is 0 Å². The Morgan fingerprint density at radius 3 is 3.00 bits per heavy atom. The Kier molecular flexibility index (Phi) is 4.99. The molecular weight excluding hydrogens is 168 g/mol. The molecule has 12 heavy (non-hydrogen) atoms. The highest BCUT2D eigenvalue weighted by molar-refractivity contribution is 7.09. The molecule has 0 aliphatic heterocycles. The van der Waals surface area contributed by atoms with E-state index in [1.165, 1.54) is 17.7 Å². The molecule has 1 aromatic rings. The molecule has 0 amide bonds. The summed E-state index contributed by atoms with van der Waals surface area (Å²) in [6.07, 6.45) is 2.40. The van der Waals surface area contributed by atoms with Crippen LogP contribution in [0.1, 0.15) is 11.3 Å². The molecule has 0 aliphatic rings. The summed E-state index contributed by atoms with van der Waals surface area (Å²) >= 11 is 1.83. The smallest absolute Gasteiger partial charge is 0.00745 e. The van der Waals surface area contributed by atoms with Gasteiger partial charge in [0.25, 0.3) is 0 Å². The second-order valence-corrected chi connectivity index (χ2v) is 3.75. The van der Waals surface area contributed by atoms with E-state index < -0.39 is 0 Å². The van der Waals surface area contributed by atoms with Gasteiger partial charge in [0.2, 0.25) is 0 Å². The van der Waals surface area contributed by atoms with Gasteiger partial charge in [0, 0.05) is 18.0 Å². The van der Waals surface area contributed by atoms with Crippen molar-refractivity contribution in [2.24, 2.45) is 5.73 Å². The minimum Gasteiger partial charge on any atom is -0.329 e. The molecular formula is C9H16N2S. The fourth-order valence-corrected chi connectivity index (χ4v) is 1.82. The van der Waals surface area contributed by atoms with Crippen LogP contribution in [0.3, 0.4) is 0 Å². The Balaban J connectivity index is 1.96. The van der Waals surface area contributed by atoms with E-state index in [9.17, 15) is 0 Å². The van der Waals surface area contributed by atoms with Crippen molar-refractivity contribution in [2.45, 2.75) is 12.8 Å². The van der Waals surface area contributed by atoms with Gasteiger partial charge in [-0.25, -0.2) is 0 Å². The van der Waals surface area contributed by atoms with Crippen LogP contribution in [0.15, 0.2) is 17.5 Å². The van der Waals surface area contributed by atoms with E-state index in [1.54, 1.807) is 0 Å². The number of hydrogen-bond acceptors (Lipinski definition) is 3. The van der Waals surface area contributed by atoms with Crippen molar-refractivity contribution in [3.05, 3.63) is 22.4 Å². The van der Waals surface area contributed by atoms with E-state index in [0.717, 1.165) is 19.6 Å². The molecule has 0 radical (unpaired) electrons. The zero-order valence-corrected chi connectivity index (χ0v) is 8.07. The van der Waals surface area contributed by atoms with E-state index in [2.05, 4.69) is 22.8 Å². The maximum absolute atomic E-state index is 5.34. The van der Waals surface area contributed by atoms with Gasteiger partial charge in [-0.3, -0.25) is 0 Å². The first-order chi connectivity index (χ1) is 5.93. The summed E-state index contributed by atoms with van der Waals surface area (Å²) in [5.74, 6) is 0. The van der Waals surface area contributed by atoms with Gasteiger partial charge in [-0.1, -0.05) is 6.07 Å². The molecule has 0 aliphatic carbocycles. The number of rotatable bonds is 6. The van der Waals surface area contributed by atoms with Crippen LogP contribution in [0.5, 0.6) is 0 Å². The topological polar surface area (TPSA) is 38.0 Å². The van der Waals surface area contributed by atoms with Crippen molar-refractivity contribution in [2.75, 3.05) is 19.6 Å². The van der Waals surface area contributed by atoms with E-state index in [1.807, 2.05) is 11.3 Å². The highest BCUT2D eigenvalue weighted by atomic mass is 32.1. The number of nitrogens with one attached hydrogen (secondary N) is 1. The van der Waals surface area contributed by atoms with Gasteiger partial charge >= 0.3 is 0 Å². The number of nitrogens with two attached hydrogens (primary N) is 1. The van der Waals surface area contributed by atoms with Crippen LogP contribution >= 0.6 is 11.3 Å². The standard InChI is InChI=1S/C9H16N2S/c10-5-7-11-6-1-3-9-4-2-8-12-9/h2,4,8,11H,1,3,5-7,10H2. The molecule has 0 fully saturated rings. The second-order valence-electron chi connectivity index (χ2n) is 2.72. The normalized spacial score (nSPS) is 10.4. The van der Waals surface area contributed by atoms with Crippen molar-refractivity contribution in [3.63, 3.8) is 0 Å². The van der Waals surface area contributed by atoms with Crippen molar-refractivity contribution in [1.29, 1.82) is 0 Å². The van der Waals surface area contributed by atoms with Gasteiger partial charge in [0.1, 0.15) is 0 Å². The van der Waals surface area contributed by atoms with E-state index in [-0.39, 0.29) is 0 Å². The Bertz CT molecular complexity index is 184. The largest absolute Gasteiger partial charge is 0.329 e. The summed E-state index contributed by atoms with van der Waals surface area (Å²) in [5, 5.41) is 5.40. The summed E-state index contributed by atoms with van der Waals surface area (Å²) in [6, 6.07) is 4.29. The molecule has 0 bridgehead atoms. The zero-order chi connectivity index (χ0) is 8.65. The summed E-state index contributed by atoms with van der Waals surface area (Å²) < 4.78 is 0. The quantitative estimate of drug-likeness (QED) is 0.653. The van der Waals surface area contributed by atoms with Gasteiger partial charge in [0.15, 0.2) is 0 Å². The molecule has 0 spiro atoms. The zero-order valence-electron chi connectivity index (χ0n) is 7.25. The maximum atomic E-state index is 5.34. The van der Waals surface area contributed by atoms with Crippen molar-refractivity contribution >= 4 is 11.3 Å². The lowest BCUT2D eigenvalue weighted by Gasteiger charge is -2.00. The lowest BCUT2D eigenvalue weighted by atomic mass is 10.2. The molecule has 0 aromatic carbocycles. The van der Waals surface area contributed by atoms with E-state index in [0.29, 0.717) is 0 Å². The third-order valence-electron chi connectivity index (χ3n) is 1.68. The predicted octanol–water partition coefficient (Wildman–Crippen LogP) is 1.23. The first-order valence-corrected chi connectivity index (χ1v) is 5.24. The molecule has 1 aromatic heterocycles. The van der Waals surface area contributed by atoms with E-state index in [4.69, 9.17) is 5.73 Å². The highest BCUT2D eigenvalue weighted by Crippen LogP contribution is 2.09. The third-order valence-corrected chi connectivity index (χ3v) is 2.61. The molecule has 68 valence electrons. The Hall–Kier alpha value is -0.380. The van der Waals surface area contributed by atoms with Crippen LogP contribution in [0.2, 0.25) is 0 Å². The second kappa shape index (κ2) is 6.17. The number of aryl methyl sites for hydroxylation is 1. The summed E-state index contributed by atoms with van der Waals surface area (Å²) in [7, 11) is 0. The molecule has 1 heterocycles. The van der Waals surface area contributed by atoms with Crippen LogP contribution in [0.25, 0.3) is 0 Å². The lowest BCUT2D eigenvalue weighted by molar-refractivity contribution is 0.656. The fourth-order valence-electron chi connectivity index (χ4n) is 1.07. The summed E-state index contributed by atoms with van der Waals surface area (Å²) in [4.78, 5) is 1.48. The molecule has 0 saturated carbocycles. The summed E-state index contributed by atoms with van der Waals surface area (Å²) in [6.45, 7) is 2.75. The van der Waals surface area contributed by atoms with Gasteiger partial charge in [-0.2, -0.15) is 0 Å². The monoisotopic (exact) mass is 184 g/mol. The van der Waals surface area contributed by atoms with Gasteiger partial charge in [-0.15, -0.1) is 11.3 Å². The highest BCUT2D eigenvalue weighted by Gasteiger charge is 1.92. The SMILES string of the molecule is NCCNCCCc1cccs1. The Labute approximate surface area is 77.8 Å². The van der Waals surface area contributed by atoms with Gasteiger partial charge < -0.3 is 11.1 Å². The molecule has 0 atom stereocenters. The average Bonchev–Trinajstić information content (AvgIpc) is 2.57. The van der Waals surface area contributed by atoms with Gasteiger partial charge in [0.05, 0.1) is 0 Å². The maximum Gasteiger partial charge on any atom is 0.00745 e. The molecule has 3 heteroatoms. The van der Waals surface area contributed by atoms with Crippen LogP contribution < -0.4 is 11.1 Å². The molecule has 2 nitrogen and oxygen atoms in total. The molecule has 1 rings (SSSR count). The minimum absolute atomic E-state index is 0.735. The van der Waals surface area contributed by atoms with Crippen LogP contribution in [0, 0.1) is 0 Å². The first-order valence-electron chi connectivity index (χ1n) is 4.36. The van der Waals surface area contributed by atoms with Crippen molar-refractivity contribution < 1.29 is 0 Å². The predicted molar refractivity (Wildman–Crippen MR) is 54.6 cm³/mol. The molecule has 0 saturated heterocycles. The lowest BCUT2D eigenvalue weighted by Crippen LogP contribution is -2.23. The Morgan fingerprint density at radius 1 is 1.42 bits per heavy atom. The summed E-state index contributed by atoms with van der Waals surface area (Å²) in [5.41, 5.74) is 5.34. The van der Waals surface area contributed by atoms with Crippen molar-refractivity contribution in [1.82, 2.24) is 5.32 Å². The van der Waals surface area contributed by atoms with Crippen LogP contribution in [-0.4, -0.2) is 19.6 Å². The molecule has 0 unspecified atom stereocenters. The fraction of sp³-hybridized carbons (Fsp3) is 0.556.